The van der Waals surface area contributed by atoms with Gasteiger partial charge in [0.1, 0.15) is 0 Å². The molecule has 2 amide bonds. The van der Waals surface area contributed by atoms with Gasteiger partial charge in [0.25, 0.3) is 11.8 Å². The number of carbonyl (C=O) groups excluding carboxylic acids is 2. The lowest BCUT2D eigenvalue weighted by Gasteiger charge is -2.31. The highest BCUT2D eigenvalue weighted by Crippen LogP contribution is 2.23. The van der Waals surface area contributed by atoms with Gasteiger partial charge in [-0.15, -0.1) is 0 Å². The maximum atomic E-state index is 12.9. The lowest BCUT2D eigenvalue weighted by Crippen LogP contribution is -2.43. The Hall–Kier alpha value is -1.88. The maximum Gasteiger partial charge on any atom is 0.254 e. The monoisotopic (exact) mass is 369 g/mol. The summed E-state index contributed by atoms with van der Waals surface area (Å²) >= 11 is 0. The zero-order valence-electron chi connectivity index (χ0n) is 16.4. The fraction of sp³-hybridized carbons (Fsp3) is 0.636. The molecular formula is C22H31N3O2. The molecule has 2 aliphatic heterocycles. The van der Waals surface area contributed by atoms with E-state index in [0.29, 0.717) is 17.6 Å². The van der Waals surface area contributed by atoms with E-state index < -0.39 is 0 Å². The fourth-order valence-corrected chi connectivity index (χ4v) is 4.80. The van der Waals surface area contributed by atoms with Gasteiger partial charge in [-0.05, 0) is 69.3 Å². The van der Waals surface area contributed by atoms with Crippen LogP contribution >= 0.6 is 0 Å². The average molecular weight is 370 g/mol. The third kappa shape index (κ3) is 4.03. The van der Waals surface area contributed by atoms with E-state index in [4.69, 9.17) is 0 Å². The fourth-order valence-electron chi connectivity index (χ4n) is 4.80. The quantitative estimate of drug-likeness (QED) is 0.868. The number of likely N-dealkylation sites (tertiary alicyclic amines) is 1. The predicted octanol–water partition coefficient (Wildman–Crippen LogP) is 2.84. The van der Waals surface area contributed by atoms with Crippen molar-refractivity contribution >= 4 is 11.8 Å². The van der Waals surface area contributed by atoms with Crippen LogP contribution in [0.1, 0.15) is 71.7 Å². The molecule has 5 heteroatoms. The van der Waals surface area contributed by atoms with Crippen LogP contribution in [0.15, 0.2) is 18.2 Å². The van der Waals surface area contributed by atoms with Crippen molar-refractivity contribution in [1.82, 2.24) is 15.1 Å². The van der Waals surface area contributed by atoms with Crippen LogP contribution in [0, 0.1) is 0 Å². The van der Waals surface area contributed by atoms with E-state index in [1.807, 2.05) is 23.1 Å². The highest BCUT2D eigenvalue weighted by atomic mass is 16.2. The Balaban J connectivity index is 1.38. The summed E-state index contributed by atoms with van der Waals surface area (Å²) in [5, 5.41) is 3.14. The van der Waals surface area contributed by atoms with Crippen molar-refractivity contribution in [2.45, 2.75) is 64.0 Å². The number of nitrogens with one attached hydrogen (secondary N) is 1. The van der Waals surface area contributed by atoms with Gasteiger partial charge < -0.3 is 10.2 Å². The molecule has 4 rings (SSSR count). The number of nitrogens with zero attached hydrogens (tertiary/aromatic N) is 2. The standard InChI is InChI=1S/C22H31N3O2/c1-16-5-4-11-24(16)13-14-25-12-10-17-15-18(8-9-20(17)22(25)27)21(26)23-19-6-2-3-7-19/h8-9,15-16,19H,2-7,10-14H2,1H3,(H,23,26)/t16-/m1/s1. The molecule has 0 bridgehead atoms. The summed E-state index contributed by atoms with van der Waals surface area (Å²) in [6.07, 6.45) is 7.94. The van der Waals surface area contributed by atoms with Crippen LogP contribution < -0.4 is 5.32 Å². The summed E-state index contributed by atoms with van der Waals surface area (Å²) in [5.41, 5.74) is 2.48. The molecule has 0 aromatic heterocycles. The first-order chi connectivity index (χ1) is 13.1. The summed E-state index contributed by atoms with van der Waals surface area (Å²) < 4.78 is 0. The van der Waals surface area contributed by atoms with E-state index >= 15 is 0 Å². The lowest BCUT2D eigenvalue weighted by molar-refractivity contribution is 0.0716. The number of rotatable bonds is 5. The highest BCUT2D eigenvalue weighted by molar-refractivity contribution is 6.00. The molecule has 1 N–H and O–H groups in total. The van der Waals surface area contributed by atoms with Crippen LogP contribution in [0.25, 0.3) is 0 Å². The molecule has 146 valence electrons. The van der Waals surface area contributed by atoms with Crippen LogP contribution in [0.4, 0.5) is 0 Å². The van der Waals surface area contributed by atoms with Crippen LogP contribution in [0.3, 0.4) is 0 Å². The van der Waals surface area contributed by atoms with Crippen molar-refractivity contribution in [3.05, 3.63) is 34.9 Å². The molecule has 0 spiro atoms. The van der Waals surface area contributed by atoms with E-state index in [2.05, 4.69) is 17.1 Å². The first-order valence-corrected chi connectivity index (χ1v) is 10.6. The van der Waals surface area contributed by atoms with E-state index in [0.717, 1.165) is 56.6 Å². The Bertz CT molecular complexity index is 712. The molecular weight excluding hydrogens is 338 g/mol. The summed E-state index contributed by atoms with van der Waals surface area (Å²) in [7, 11) is 0. The molecule has 1 saturated heterocycles. The second kappa shape index (κ2) is 8.01. The van der Waals surface area contributed by atoms with E-state index in [-0.39, 0.29) is 11.8 Å². The number of hydrogen-bond donors (Lipinski definition) is 1. The number of hydrogen-bond acceptors (Lipinski definition) is 3. The molecule has 5 nitrogen and oxygen atoms in total. The van der Waals surface area contributed by atoms with Crippen molar-refractivity contribution < 1.29 is 9.59 Å². The third-order valence-electron chi connectivity index (χ3n) is 6.57. The first kappa shape index (κ1) is 18.5. The van der Waals surface area contributed by atoms with Crippen molar-refractivity contribution in [2.24, 2.45) is 0 Å². The zero-order chi connectivity index (χ0) is 18.8. The van der Waals surface area contributed by atoms with Gasteiger partial charge >= 0.3 is 0 Å². The topological polar surface area (TPSA) is 52.6 Å². The number of benzene rings is 1. The molecule has 27 heavy (non-hydrogen) atoms. The summed E-state index contributed by atoms with van der Waals surface area (Å²) in [4.78, 5) is 29.8. The average Bonchev–Trinajstić information content (AvgIpc) is 3.32. The van der Waals surface area contributed by atoms with Gasteiger partial charge in [-0.2, -0.15) is 0 Å². The molecule has 2 fully saturated rings. The van der Waals surface area contributed by atoms with E-state index in [1.54, 1.807) is 0 Å². The molecule has 2 heterocycles. The second-order valence-corrected chi connectivity index (χ2v) is 8.40. The van der Waals surface area contributed by atoms with Crippen LogP contribution in [-0.4, -0.2) is 59.9 Å². The minimum absolute atomic E-state index is 0.00241. The molecule has 1 aromatic carbocycles. The Morgan fingerprint density at radius 1 is 1.11 bits per heavy atom. The number of amides is 2. The lowest BCUT2D eigenvalue weighted by atomic mass is 9.96. The smallest absolute Gasteiger partial charge is 0.254 e. The Kier molecular flexibility index (Phi) is 5.48. The van der Waals surface area contributed by atoms with Crippen LogP contribution in [0.2, 0.25) is 0 Å². The van der Waals surface area contributed by atoms with Gasteiger partial charge in [0, 0.05) is 42.8 Å². The molecule has 1 saturated carbocycles. The molecule has 1 aromatic rings. The summed E-state index contributed by atoms with van der Waals surface area (Å²) in [5.74, 6) is 0.119. The summed E-state index contributed by atoms with van der Waals surface area (Å²) in [6.45, 7) is 5.94. The Labute approximate surface area is 162 Å². The minimum atomic E-state index is 0.00241. The maximum absolute atomic E-state index is 12.9. The van der Waals surface area contributed by atoms with Crippen LogP contribution in [-0.2, 0) is 6.42 Å². The van der Waals surface area contributed by atoms with E-state index in [1.165, 1.54) is 25.7 Å². The number of carbonyl (C=O) groups is 2. The zero-order valence-corrected chi connectivity index (χ0v) is 16.4. The van der Waals surface area contributed by atoms with Gasteiger partial charge in [-0.25, -0.2) is 0 Å². The number of fused-ring (bicyclic) bond motifs is 1. The van der Waals surface area contributed by atoms with Gasteiger partial charge in [-0.1, -0.05) is 12.8 Å². The van der Waals surface area contributed by atoms with E-state index in [9.17, 15) is 9.59 Å². The van der Waals surface area contributed by atoms with Gasteiger partial charge in [-0.3, -0.25) is 14.5 Å². The predicted molar refractivity (Wildman–Crippen MR) is 106 cm³/mol. The largest absolute Gasteiger partial charge is 0.349 e. The first-order valence-electron chi connectivity index (χ1n) is 10.6. The Morgan fingerprint density at radius 2 is 1.93 bits per heavy atom. The molecule has 0 radical (unpaired) electrons. The van der Waals surface area contributed by atoms with Crippen molar-refractivity contribution in [1.29, 1.82) is 0 Å². The Morgan fingerprint density at radius 3 is 2.67 bits per heavy atom. The molecule has 0 unspecified atom stereocenters. The van der Waals surface area contributed by atoms with Crippen LogP contribution in [0.5, 0.6) is 0 Å². The van der Waals surface area contributed by atoms with Gasteiger partial charge in [0.15, 0.2) is 0 Å². The van der Waals surface area contributed by atoms with Gasteiger partial charge in [0.2, 0.25) is 0 Å². The molecule has 1 atom stereocenters. The highest BCUT2D eigenvalue weighted by Gasteiger charge is 2.27. The van der Waals surface area contributed by atoms with Crippen molar-refractivity contribution in [3.8, 4) is 0 Å². The van der Waals surface area contributed by atoms with Crippen molar-refractivity contribution in [2.75, 3.05) is 26.2 Å². The second-order valence-electron chi connectivity index (χ2n) is 8.40. The van der Waals surface area contributed by atoms with Gasteiger partial charge in [0.05, 0.1) is 0 Å². The molecule has 1 aliphatic carbocycles. The third-order valence-corrected chi connectivity index (χ3v) is 6.57. The SMILES string of the molecule is C[C@@H]1CCCN1CCN1CCc2cc(C(=O)NC3CCCC3)ccc2C1=O. The van der Waals surface area contributed by atoms with Crippen molar-refractivity contribution in [3.63, 3.8) is 0 Å². The summed E-state index contributed by atoms with van der Waals surface area (Å²) in [6, 6.07) is 6.55. The molecule has 3 aliphatic rings. The normalized spacial score (nSPS) is 23.7. The minimum Gasteiger partial charge on any atom is -0.349 e.